The summed E-state index contributed by atoms with van der Waals surface area (Å²) in [6.07, 6.45) is 0. The van der Waals surface area contributed by atoms with E-state index in [9.17, 15) is 13.6 Å². The molecule has 0 heterocycles. The molecule has 10 heteroatoms. The first-order chi connectivity index (χ1) is 13.4. The summed E-state index contributed by atoms with van der Waals surface area (Å²) >= 11 is 0. The Morgan fingerprint density at radius 1 is 1.14 bits per heavy atom. The smallest absolute Gasteiger partial charge is 0.387 e. The number of methoxy groups -OCH3 is 1. The van der Waals surface area contributed by atoms with Crippen molar-refractivity contribution in [2.24, 2.45) is 10.7 Å². The van der Waals surface area contributed by atoms with E-state index in [1.54, 1.807) is 43.4 Å². The molecule has 0 aliphatic rings. The van der Waals surface area contributed by atoms with Crippen LogP contribution in [0, 0.1) is 0 Å². The van der Waals surface area contributed by atoms with Gasteiger partial charge in [-0.15, -0.1) is 24.0 Å². The third-order valence-corrected chi connectivity index (χ3v) is 3.85. The van der Waals surface area contributed by atoms with E-state index < -0.39 is 12.5 Å². The molecule has 4 N–H and O–H groups in total. The van der Waals surface area contributed by atoms with Crippen LogP contribution in [0.3, 0.4) is 0 Å². The Balaban J connectivity index is 0.00000420. The zero-order chi connectivity index (χ0) is 20.5. The van der Waals surface area contributed by atoms with Crippen molar-refractivity contribution < 1.29 is 23.0 Å². The maximum atomic E-state index is 12.6. The van der Waals surface area contributed by atoms with E-state index in [0.29, 0.717) is 29.4 Å². The van der Waals surface area contributed by atoms with Crippen LogP contribution < -0.4 is 25.8 Å². The van der Waals surface area contributed by atoms with Crippen LogP contribution >= 0.6 is 24.0 Å². The Labute approximate surface area is 184 Å². The summed E-state index contributed by atoms with van der Waals surface area (Å²) in [4.78, 5) is 15.2. The van der Waals surface area contributed by atoms with Crippen molar-refractivity contribution in [3.8, 4) is 11.5 Å². The molecule has 0 bridgehead atoms. The summed E-state index contributed by atoms with van der Waals surface area (Å²) in [6.45, 7) is -2.29. The highest BCUT2D eigenvalue weighted by molar-refractivity contribution is 14.0. The first-order valence-electron chi connectivity index (χ1n) is 8.38. The van der Waals surface area contributed by atoms with Crippen LogP contribution in [0.5, 0.6) is 11.5 Å². The average Bonchev–Trinajstić information content (AvgIpc) is 2.69. The lowest BCUT2D eigenvalue weighted by Crippen LogP contribution is -2.36. The molecule has 7 nitrogen and oxygen atoms in total. The fourth-order valence-corrected chi connectivity index (χ4v) is 2.40. The molecule has 0 radical (unpaired) electrons. The SMILES string of the molecule is CN=C(NCc1ccc(C(N)=O)cc1)NCc1cc(OC)ccc1OC(F)F.I. The Morgan fingerprint density at radius 2 is 1.79 bits per heavy atom. The summed E-state index contributed by atoms with van der Waals surface area (Å²) < 4.78 is 34.9. The summed E-state index contributed by atoms with van der Waals surface area (Å²) in [5.41, 5.74) is 7.05. The molecule has 2 aromatic carbocycles. The molecule has 0 atom stereocenters. The van der Waals surface area contributed by atoms with E-state index in [1.165, 1.54) is 13.2 Å². The average molecular weight is 520 g/mol. The Hall–Kier alpha value is -2.63. The standard InChI is InChI=1S/C19H22F2N4O3.HI/c1-23-19(24-10-12-3-5-13(6-4-12)17(22)26)25-11-14-9-15(27-2)7-8-16(14)28-18(20)21;/h3-9,18H,10-11H2,1-2H3,(H2,22,26)(H2,23,24,25);1H. The monoisotopic (exact) mass is 520 g/mol. The van der Waals surface area contributed by atoms with Gasteiger partial charge in [0.25, 0.3) is 0 Å². The van der Waals surface area contributed by atoms with Crippen molar-refractivity contribution >= 4 is 35.8 Å². The lowest BCUT2D eigenvalue weighted by Gasteiger charge is -2.15. The number of hydrogen-bond donors (Lipinski definition) is 3. The maximum absolute atomic E-state index is 12.6. The van der Waals surface area contributed by atoms with Crippen molar-refractivity contribution in [1.82, 2.24) is 10.6 Å². The van der Waals surface area contributed by atoms with E-state index in [1.807, 2.05) is 0 Å². The number of amides is 1. The molecule has 29 heavy (non-hydrogen) atoms. The van der Waals surface area contributed by atoms with Gasteiger partial charge in [0.2, 0.25) is 5.91 Å². The van der Waals surface area contributed by atoms with Gasteiger partial charge < -0.3 is 25.8 Å². The minimum Gasteiger partial charge on any atom is -0.497 e. The fourth-order valence-electron chi connectivity index (χ4n) is 2.40. The number of nitrogens with two attached hydrogens (primary N) is 1. The molecule has 2 aromatic rings. The highest BCUT2D eigenvalue weighted by Gasteiger charge is 2.11. The molecule has 2 rings (SSSR count). The van der Waals surface area contributed by atoms with Crippen molar-refractivity contribution in [3.63, 3.8) is 0 Å². The van der Waals surface area contributed by atoms with Crippen LogP contribution in [0.1, 0.15) is 21.5 Å². The lowest BCUT2D eigenvalue weighted by atomic mass is 10.1. The van der Waals surface area contributed by atoms with Crippen LogP contribution in [-0.4, -0.2) is 32.6 Å². The third-order valence-electron chi connectivity index (χ3n) is 3.85. The van der Waals surface area contributed by atoms with E-state index in [2.05, 4.69) is 20.4 Å². The van der Waals surface area contributed by atoms with Gasteiger partial charge in [0.15, 0.2) is 5.96 Å². The number of nitrogens with zero attached hydrogens (tertiary/aromatic N) is 1. The first kappa shape index (κ1) is 24.4. The van der Waals surface area contributed by atoms with Gasteiger partial charge in [-0.2, -0.15) is 8.78 Å². The van der Waals surface area contributed by atoms with Gasteiger partial charge in [-0.1, -0.05) is 12.1 Å². The molecule has 0 aromatic heterocycles. The molecule has 1 amide bonds. The number of benzene rings is 2. The number of alkyl halides is 2. The van der Waals surface area contributed by atoms with Crippen LogP contribution in [-0.2, 0) is 13.1 Å². The highest BCUT2D eigenvalue weighted by Crippen LogP contribution is 2.25. The summed E-state index contributed by atoms with van der Waals surface area (Å²) in [5, 5.41) is 6.13. The Kier molecular flexibility index (Phi) is 10.1. The van der Waals surface area contributed by atoms with Gasteiger partial charge in [0.05, 0.1) is 7.11 Å². The topological polar surface area (TPSA) is 98.0 Å². The molecule has 158 valence electrons. The third kappa shape index (κ3) is 7.72. The second-order valence-corrected chi connectivity index (χ2v) is 5.69. The number of ether oxygens (including phenoxy) is 2. The Morgan fingerprint density at radius 3 is 2.34 bits per heavy atom. The molecule has 0 aliphatic carbocycles. The van der Waals surface area contributed by atoms with Gasteiger partial charge in [0.1, 0.15) is 11.5 Å². The number of halogens is 3. The molecular formula is C19H23F2IN4O3. The number of carbonyl (C=O) groups is 1. The second kappa shape index (κ2) is 12.0. The normalized spacial score (nSPS) is 10.9. The van der Waals surface area contributed by atoms with Crippen LogP contribution in [0.2, 0.25) is 0 Å². The van der Waals surface area contributed by atoms with E-state index >= 15 is 0 Å². The minimum absolute atomic E-state index is 0. The van der Waals surface area contributed by atoms with Gasteiger partial charge in [-0.05, 0) is 35.9 Å². The molecule has 0 saturated heterocycles. The van der Waals surface area contributed by atoms with Gasteiger partial charge in [-0.25, -0.2) is 0 Å². The van der Waals surface area contributed by atoms with E-state index in [-0.39, 0.29) is 36.3 Å². The number of primary amides is 1. The number of aliphatic imine (C=N–C) groups is 1. The molecule has 0 spiro atoms. The zero-order valence-electron chi connectivity index (χ0n) is 15.9. The number of carbonyl (C=O) groups excluding carboxylic acids is 1. The quantitative estimate of drug-likeness (QED) is 0.283. The Bertz CT molecular complexity index is 833. The fraction of sp³-hybridized carbons (Fsp3) is 0.263. The van der Waals surface area contributed by atoms with Crippen LogP contribution in [0.15, 0.2) is 47.5 Å². The van der Waals surface area contributed by atoms with E-state index in [4.69, 9.17) is 10.5 Å². The van der Waals surface area contributed by atoms with Crippen molar-refractivity contribution in [3.05, 3.63) is 59.2 Å². The summed E-state index contributed by atoms with van der Waals surface area (Å²) in [6, 6.07) is 11.4. The largest absolute Gasteiger partial charge is 0.497 e. The molecular weight excluding hydrogens is 497 g/mol. The predicted molar refractivity (Wildman–Crippen MR) is 117 cm³/mol. The second-order valence-electron chi connectivity index (χ2n) is 5.69. The van der Waals surface area contributed by atoms with Crippen molar-refractivity contribution in [1.29, 1.82) is 0 Å². The summed E-state index contributed by atoms with van der Waals surface area (Å²) in [5.74, 6) is 0.554. The number of rotatable bonds is 8. The first-order valence-corrected chi connectivity index (χ1v) is 8.38. The molecule has 0 aliphatic heterocycles. The predicted octanol–water partition coefficient (Wildman–Crippen LogP) is 2.88. The van der Waals surface area contributed by atoms with E-state index in [0.717, 1.165) is 5.56 Å². The van der Waals surface area contributed by atoms with Gasteiger partial charge in [-0.3, -0.25) is 9.79 Å². The van der Waals surface area contributed by atoms with Crippen LogP contribution in [0.4, 0.5) is 8.78 Å². The number of guanidine groups is 1. The molecule has 0 fully saturated rings. The highest BCUT2D eigenvalue weighted by atomic mass is 127. The van der Waals surface area contributed by atoms with Gasteiger partial charge >= 0.3 is 6.61 Å². The molecule has 0 unspecified atom stereocenters. The number of nitrogens with one attached hydrogen (secondary N) is 2. The van der Waals surface area contributed by atoms with Crippen LogP contribution in [0.25, 0.3) is 0 Å². The van der Waals surface area contributed by atoms with Gasteiger partial charge in [0, 0.05) is 31.3 Å². The minimum atomic E-state index is -2.92. The molecule has 0 saturated carbocycles. The van der Waals surface area contributed by atoms with Crippen molar-refractivity contribution in [2.75, 3.05) is 14.2 Å². The summed E-state index contributed by atoms with van der Waals surface area (Å²) in [7, 11) is 3.08. The zero-order valence-corrected chi connectivity index (χ0v) is 18.3. The van der Waals surface area contributed by atoms with Crippen molar-refractivity contribution in [2.45, 2.75) is 19.7 Å². The number of hydrogen-bond acceptors (Lipinski definition) is 4. The lowest BCUT2D eigenvalue weighted by molar-refractivity contribution is -0.0505. The maximum Gasteiger partial charge on any atom is 0.387 e.